The molecule has 4 nitrogen and oxygen atoms in total. The van der Waals surface area contributed by atoms with Crippen LogP contribution in [0, 0.1) is 0 Å². The third-order valence-corrected chi connectivity index (χ3v) is 8.54. The molecule has 205 valence electrons. The highest BCUT2D eigenvalue weighted by atomic mass is 27.1. The first-order valence-electron chi connectivity index (χ1n) is 13.9. The zero-order valence-corrected chi connectivity index (χ0v) is 24.4. The molecule has 5 heteroatoms. The van der Waals surface area contributed by atoms with Gasteiger partial charge >= 0.3 is 15.2 Å². The van der Waals surface area contributed by atoms with Crippen LogP contribution in [0.15, 0.2) is 158 Å². The molecule has 0 saturated heterocycles. The van der Waals surface area contributed by atoms with Gasteiger partial charge < -0.3 is 9.47 Å². The Labute approximate surface area is 256 Å². The van der Waals surface area contributed by atoms with Crippen LogP contribution in [0.5, 0.6) is 23.0 Å². The molecule has 0 bridgehead atoms. The van der Waals surface area contributed by atoms with E-state index in [2.05, 4.69) is 0 Å². The van der Waals surface area contributed by atoms with Gasteiger partial charge in [0.05, 0.1) is 0 Å². The molecule has 0 atom stereocenters. The van der Waals surface area contributed by atoms with Gasteiger partial charge in [-0.2, -0.15) is 0 Å². The van der Waals surface area contributed by atoms with Crippen molar-refractivity contribution >= 4 is 35.6 Å². The summed E-state index contributed by atoms with van der Waals surface area (Å²) in [5.41, 5.74) is 2.43. The fourth-order valence-electron chi connectivity index (χ4n) is 4.74. The highest BCUT2D eigenvalue weighted by Crippen LogP contribution is 2.23. The third kappa shape index (κ3) is 6.82. The zero-order chi connectivity index (χ0) is 29.4. The SMILES string of the molecule is O=C(c1ccc(Oc2ccccc2)cc1)c1cccc[c]1[Al][c]1ccccc1C(=O)c1ccc(Oc2ccccc2)cc1. The van der Waals surface area contributed by atoms with Gasteiger partial charge in [0.25, 0.3) is 0 Å². The smallest absolute Gasteiger partial charge is 0.301 e. The van der Waals surface area contributed by atoms with Crippen LogP contribution in [0.1, 0.15) is 31.8 Å². The number of benzene rings is 6. The molecule has 0 amide bonds. The molecule has 0 N–H and O–H groups in total. The van der Waals surface area contributed by atoms with E-state index in [1.54, 1.807) is 48.5 Å². The number of carbonyl (C=O) groups excluding carboxylic acids is 2. The van der Waals surface area contributed by atoms with Crippen molar-refractivity contribution in [1.82, 2.24) is 0 Å². The van der Waals surface area contributed by atoms with Crippen LogP contribution in [0.4, 0.5) is 0 Å². The second-order valence-electron chi connectivity index (χ2n) is 9.86. The van der Waals surface area contributed by atoms with Gasteiger partial charge in [0.1, 0.15) is 23.0 Å². The van der Waals surface area contributed by atoms with Gasteiger partial charge in [-0.15, -0.1) is 8.85 Å². The maximum absolute atomic E-state index is 13.6. The number of para-hydroxylation sites is 2. The molecule has 0 heterocycles. The molecule has 43 heavy (non-hydrogen) atoms. The van der Waals surface area contributed by atoms with Crippen LogP contribution in [-0.2, 0) is 0 Å². The summed E-state index contributed by atoms with van der Waals surface area (Å²) in [7, 11) is 0. The Hall–Kier alpha value is -5.21. The van der Waals surface area contributed by atoms with Crippen molar-refractivity contribution in [1.29, 1.82) is 0 Å². The molecule has 0 fully saturated rings. The predicted molar refractivity (Wildman–Crippen MR) is 171 cm³/mol. The highest BCUT2D eigenvalue weighted by Gasteiger charge is 2.19. The van der Waals surface area contributed by atoms with Gasteiger partial charge in [0, 0.05) is 22.3 Å². The van der Waals surface area contributed by atoms with E-state index in [1.165, 1.54) is 0 Å². The van der Waals surface area contributed by atoms with Crippen molar-refractivity contribution in [2.45, 2.75) is 0 Å². The van der Waals surface area contributed by atoms with Crippen molar-refractivity contribution in [2.24, 2.45) is 0 Å². The molecule has 0 saturated carbocycles. The molecule has 0 aliphatic rings. The lowest BCUT2D eigenvalue weighted by atomic mass is 10.0. The van der Waals surface area contributed by atoms with Crippen molar-refractivity contribution in [3.63, 3.8) is 0 Å². The lowest BCUT2D eigenvalue weighted by molar-refractivity contribution is 0.103. The second-order valence-corrected chi connectivity index (χ2v) is 11.4. The van der Waals surface area contributed by atoms with Crippen molar-refractivity contribution in [2.75, 3.05) is 0 Å². The number of ketones is 2. The number of rotatable bonds is 10. The molecule has 0 aromatic heterocycles. The van der Waals surface area contributed by atoms with Gasteiger partial charge in [-0.25, -0.2) is 0 Å². The quantitative estimate of drug-likeness (QED) is 0.127. The minimum Gasteiger partial charge on any atom is -0.457 e. The largest absolute Gasteiger partial charge is 0.457 e. The Kier molecular flexibility index (Phi) is 8.57. The lowest BCUT2D eigenvalue weighted by Gasteiger charge is -2.12. The maximum Gasteiger partial charge on any atom is 0.301 e. The first-order valence-corrected chi connectivity index (χ1v) is 15.1. The zero-order valence-electron chi connectivity index (χ0n) is 23.2. The van der Waals surface area contributed by atoms with Crippen LogP contribution < -0.4 is 18.3 Å². The Bertz CT molecular complexity index is 1710. The summed E-state index contributed by atoms with van der Waals surface area (Å²) >= 11 is -0.528. The van der Waals surface area contributed by atoms with Crippen LogP contribution in [0.2, 0.25) is 0 Å². The first-order chi connectivity index (χ1) is 21.1. The number of ether oxygens (including phenoxy) is 2. The maximum atomic E-state index is 13.6. The molecule has 0 aliphatic heterocycles. The standard InChI is InChI=1S/2C19H13O2.Al/c2*20-19(15-7-3-1-4-8-15)16-11-13-18(14-12-16)21-17-9-5-2-6-10-17;/h2*1-7,9-14H;. The Balaban J connectivity index is 1.20. The van der Waals surface area contributed by atoms with E-state index in [0.717, 1.165) is 20.3 Å². The van der Waals surface area contributed by atoms with E-state index in [-0.39, 0.29) is 11.6 Å². The third-order valence-electron chi connectivity index (χ3n) is 6.91. The summed E-state index contributed by atoms with van der Waals surface area (Å²) < 4.78 is 13.6. The average molecular weight is 574 g/mol. The predicted octanol–water partition coefficient (Wildman–Crippen LogP) is 7.39. The van der Waals surface area contributed by atoms with E-state index in [0.29, 0.717) is 33.8 Å². The Morgan fingerprint density at radius 2 is 0.698 bits per heavy atom. The molecule has 1 radical (unpaired) electrons. The fraction of sp³-hybridized carbons (Fsp3) is 0. The molecule has 6 aromatic rings. The van der Waals surface area contributed by atoms with E-state index < -0.39 is 15.2 Å². The van der Waals surface area contributed by atoms with Gasteiger partial charge in [-0.1, -0.05) is 84.9 Å². The Morgan fingerprint density at radius 3 is 1.09 bits per heavy atom. The van der Waals surface area contributed by atoms with Crippen LogP contribution in [0.3, 0.4) is 0 Å². The van der Waals surface area contributed by atoms with Gasteiger partial charge in [0.2, 0.25) is 0 Å². The highest BCUT2D eigenvalue weighted by molar-refractivity contribution is 6.70. The van der Waals surface area contributed by atoms with E-state index in [4.69, 9.17) is 9.47 Å². The van der Waals surface area contributed by atoms with Crippen LogP contribution >= 0.6 is 0 Å². The number of hydrogen-bond donors (Lipinski definition) is 0. The van der Waals surface area contributed by atoms with Gasteiger partial charge in [0.15, 0.2) is 11.6 Å². The van der Waals surface area contributed by atoms with Crippen molar-refractivity contribution < 1.29 is 19.1 Å². The van der Waals surface area contributed by atoms with Crippen LogP contribution in [-0.4, -0.2) is 26.8 Å². The number of hydrogen-bond acceptors (Lipinski definition) is 4. The molecular formula is C38H26AlO4. The summed E-state index contributed by atoms with van der Waals surface area (Å²) in [4.78, 5) is 27.2. The fourth-order valence-corrected chi connectivity index (χ4v) is 6.25. The average Bonchev–Trinajstić information content (AvgIpc) is 3.06. The Morgan fingerprint density at radius 1 is 0.372 bits per heavy atom. The molecule has 0 aliphatic carbocycles. The molecule has 6 aromatic carbocycles. The minimum atomic E-state index is -0.528. The van der Waals surface area contributed by atoms with Gasteiger partial charge in [-0.3, -0.25) is 9.59 Å². The van der Waals surface area contributed by atoms with E-state index in [9.17, 15) is 9.59 Å². The lowest BCUT2D eigenvalue weighted by Crippen LogP contribution is -2.35. The summed E-state index contributed by atoms with van der Waals surface area (Å²) in [5, 5.41) is 0. The second kappa shape index (κ2) is 13.2. The van der Waals surface area contributed by atoms with E-state index in [1.807, 2.05) is 109 Å². The van der Waals surface area contributed by atoms with Gasteiger partial charge in [-0.05, 0) is 72.8 Å². The summed E-state index contributed by atoms with van der Waals surface area (Å²) in [5.74, 6) is 2.67. The normalized spacial score (nSPS) is 10.5. The van der Waals surface area contributed by atoms with Crippen molar-refractivity contribution in [3.05, 3.63) is 180 Å². The molecule has 6 rings (SSSR count). The molecular weight excluding hydrogens is 547 g/mol. The van der Waals surface area contributed by atoms with E-state index >= 15 is 0 Å². The summed E-state index contributed by atoms with van der Waals surface area (Å²) in [6.07, 6.45) is 0. The minimum absolute atomic E-state index is 0.0628. The molecule has 0 unspecified atom stereocenters. The first kappa shape index (κ1) is 27.9. The number of carbonyl (C=O) groups is 2. The summed E-state index contributed by atoms with van der Waals surface area (Å²) in [6.45, 7) is 0. The van der Waals surface area contributed by atoms with Crippen molar-refractivity contribution in [3.8, 4) is 23.0 Å². The monoisotopic (exact) mass is 573 g/mol. The molecule has 0 spiro atoms. The topological polar surface area (TPSA) is 52.6 Å². The van der Waals surface area contributed by atoms with Crippen LogP contribution in [0.25, 0.3) is 0 Å². The summed E-state index contributed by atoms with van der Waals surface area (Å²) in [6, 6.07) is 48.7.